The van der Waals surface area contributed by atoms with E-state index < -0.39 is 29.4 Å². The number of rotatable bonds is 8. The van der Waals surface area contributed by atoms with Gasteiger partial charge in [0, 0.05) is 18.2 Å². The van der Waals surface area contributed by atoms with E-state index in [0.29, 0.717) is 6.42 Å². The highest BCUT2D eigenvalue weighted by molar-refractivity contribution is 9.10. The fourth-order valence-electron chi connectivity index (χ4n) is 1.97. The van der Waals surface area contributed by atoms with Crippen LogP contribution < -0.4 is 0 Å². The average Bonchev–Trinajstić information content (AvgIpc) is 2.28. The molecule has 0 aromatic heterocycles. The summed E-state index contributed by atoms with van der Waals surface area (Å²) >= 11 is 3.50. The van der Waals surface area contributed by atoms with Crippen LogP contribution in [0.4, 0.5) is 0 Å². The molecule has 0 radical (unpaired) electrons. The largest absolute Gasteiger partial charge is 0.462 e. The van der Waals surface area contributed by atoms with Gasteiger partial charge in [-0.05, 0) is 20.3 Å². The summed E-state index contributed by atoms with van der Waals surface area (Å²) in [4.78, 5) is 34.1. The molecule has 0 saturated heterocycles. The highest BCUT2D eigenvalue weighted by atomic mass is 79.9. The molecule has 0 saturated carbocycles. The molecule has 128 valence electrons. The first kappa shape index (κ1) is 20.9. The molecule has 0 aromatic rings. The first-order valence-corrected chi connectivity index (χ1v) is 7.79. The molecule has 0 unspecified atom stereocenters. The zero-order valence-corrected chi connectivity index (χ0v) is 15.6. The zero-order valence-electron chi connectivity index (χ0n) is 14.0. The Labute approximate surface area is 140 Å². The molecule has 0 aromatic carbocycles. The van der Waals surface area contributed by atoms with Crippen molar-refractivity contribution >= 4 is 33.8 Å². The Bertz CT molecular complexity index is 393. The molecule has 0 fully saturated rings. The summed E-state index contributed by atoms with van der Waals surface area (Å²) < 4.78 is 14.8. The van der Waals surface area contributed by atoms with Gasteiger partial charge in [-0.1, -0.05) is 29.8 Å². The molecule has 0 heterocycles. The van der Waals surface area contributed by atoms with E-state index in [0.717, 1.165) is 0 Å². The van der Waals surface area contributed by atoms with Crippen molar-refractivity contribution in [3.8, 4) is 0 Å². The van der Waals surface area contributed by atoms with Gasteiger partial charge in [0.2, 0.25) is 0 Å². The Balaban J connectivity index is 4.76. The van der Waals surface area contributed by atoms with E-state index in [2.05, 4.69) is 15.9 Å². The van der Waals surface area contributed by atoms with E-state index in [-0.39, 0.29) is 17.5 Å². The molecular formula is C15H25BrO6. The molecular weight excluding hydrogens is 356 g/mol. The molecule has 0 aliphatic carbocycles. The van der Waals surface area contributed by atoms with Gasteiger partial charge in [-0.2, -0.15) is 0 Å². The molecule has 22 heavy (non-hydrogen) atoms. The molecule has 0 atom stereocenters. The first-order valence-electron chi connectivity index (χ1n) is 7.00. The summed E-state index contributed by atoms with van der Waals surface area (Å²) in [6, 6.07) is 0. The third-order valence-corrected chi connectivity index (χ3v) is 2.91. The van der Waals surface area contributed by atoms with Gasteiger partial charge in [0.15, 0.2) is 6.10 Å². The van der Waals surface area contributed by atoms with Crippen molar-refractivity contribution in [2.45, 2.75) is 58.4 Å². The fraction of sp³-hybridized carbons (Fsp3) is 0.800. The molecule has 0 amide bonds. The van der Waals surface area contributed by atoms with Crippen LogP contribution >= 0.6 is 15.9 Å². The van der Waals surface area contributed by atoms with Crippen LogP contribution in [0.5, 0.6) is 0 Å². The minimum atomic E-state index is -0.821. The molecule has 0 rings (SSSR count). The maximum absolute atomic E-state index is 12.3. The van der Waals surface area contributed by atoms with E-state index >= 15 is 0 Å². The van der Waals surface area contributed by atoms with E-state index in [4.69, 9.17) is 14.2 Å². The number of carbonyl (C=O) groups excluding carboxylic acids is 3. The second-order valence-corrected chi connectivity index (χ2v) is 8.56. The maximum Gasteiger partial charge on any atom is 0.312 e. The Morgan fingerprint density at radius 2 is 1.36 bits per heavy atom. The predicted octanol–water partition coefficient (Wildman–Crippen LogP) is 2.61. The van der Waals surface area contributed by atoms with Crippen molar-refractivity contribution in [2.24, 2.45) is 5.41 Å². The highest BCUT2D eigenvalue weighted by Gasteiger charge is 2.36. The number of esters is 3. The topological polar surface area (TPSA) is 78.9 Å². The predicted molar refractivity (Wildman–Crippen MR) is 84.6 cm³/mol. The molecule has 0 bridgehead atoms. The van der Waals surface area contributed by atoms with Crippen molar-refractivity contribution in [3.05, 3.63) is 0 Å². The summed E-state index contributed by atoms with van der Waals surface area (Å²) in [7, 11) is 0. The molecule has 0 aliphatic rings. The monoisotopic (exact) mass is 380 g/mol. The number of hydrogen-bond acceptors (Lipinski definition) is 6. The number of ether oxygens (including phenoxy) is 3. The summed E-state index contributed by atoms with van der Waals surface area (Å²) in [6.07, 6.45) is -0.273. The van der Waals surface area contributed by atoms with Crippen molar-refractivity contribution in [1.29, 1.82) is 0 Å². The van der Waals surface area contributed by atoms with Gasteiger partial charge < -0.3 is 14.2 Å². The lowest BCUT2D eigenvalue weighted by Gasteiger charge is -2.30. The van der Waals surface area contributed by atoms with E-state index in [1.165, 1.54) is 13.8 Å². The third kappa shape index (κ3) is 9.76. The zero-order chi connectivity index (χ0) is 17.6. The number of halogens is 1. The second kappa shape index (κ2) is 8.50. The maximum atomic E-state index is 12.3. The van der Waals surface area contributed by atoms with Crippen LogP contribution in [0.3, 0.4) is 0 Å². The van der Waals surface area contributed by atoms with Gasteiger partial charge in [0.05, 0.1) is 5.41 Å². The van der Waals surface area contributed by atoms with Crippen LogP contribution in [-0.4, -0.2) is 41.5 Å². The molecule has 0 aliphatic heterocycles. The van der Waals surface area contributed by atoms with Crippen LogP contribution in [0.15, 0.2) is 0 Å². The van der Waals surface area contributed by atoms with E-state index in [1.54, 1.807) is 13.8 Å². The Hall–Kier alpha value is -1.11. The normalized spacial score (nSPS) is 12.0. The van der Waals surface area contributed by atoms with Crippen molar-refractivity contribution < 1.29 is 28.6 Å². The van der Waals surface area contributed by atoms with Gasteiger partial charge in [0.25, 0.3) is 0 Å². The van der Waals surface area contributed by atoms with Crippen LogP contribution in [0.25, 0.3) is 0 Å². The van der Waals surface area contributed by atoms with E-state index in [1.807, 2.05) is 13.8 Å². The lowest BCUT2D eigenvalue weighted by atomic mass is 9.84. The molecule has 0 N–H and O–H groups in total. The molecule has 6 nitrogen and oxygen atoms in total. The van der Waals surface area contributed by atoms with Gasteiger partial charge >= 0.3 is 17.9 Å². The fourth-order valence-corrected chi connectivity index (χ4v) is 2.67. The van der Waals surface area contributed by atoms with Gasteiger partial charge in [-0.15, -0.1) is 0 Å². The standard InChI is InChI=1S/C15H25BrO6/c1-10(17)20-7-12(8-21-11(2)18)22-13(19)14(3,4)9-15(5,6)16/h12H,7-9H2,1-6H3. The number of hydrogen-bond donors (Lipinski definition) is 0. The number of alkyl halides is 1. The lowest BCUT2D eigenvalue weighted by molar-refractivity contribution is -0.172. The van der Waals surface area contributed by atoms with Gasteiger partial charge in [-0.3, -0.25) is 14.4 Å². The van der Waals surface area contributed by atoms with E-state index in [9.17, 15) is 14.4 Å². The van der Waals surface area contributed by atoms with Crippen molar-refractivity contribution in [3.63, 3.8) is 0 Å². The average molecular weight is 381 g/mol. The number of carbonyl (C=O) groups is 3. The third-order valence-electron chi connectivity index (χ3n) is 2.63. The first-order chi connectivity index (χ1) is 9.83. The smallest absolute Gasteiger partial charge is 0.312 e. The molecule has 0 spiro atoms. The Morgan fingerprint density at radius 3 is 1.68 bits per heavy atom. The lowest BCUT2D eigenvalue weighted by Crippen LogP contribution is -2.38. The summed E-state index contributed by atoms with van der Waals surface area (Å²) in [5, 5.41) is 0. The second-order valence-electron chi connectivity index (χ2n) is 6.41. The van der Waals surface area contributed by atoms with Gasteiger partial charge in [0.1, 0.15) is 13.2 Å². The van der Waals surface area contributed by atoms with Crippen molar-refractivity contribution in [1.82, 2.24) is 0 Å². The van der Waals surface area contributed by atoms with Crippen LogP contribution in [-0.2, 0) is 28.6 Å². The van der Waals surface area contributed by atoms with Crippen LogP contribution in [0.2, 0.25) is 0 Å². The minimum Gasteiger partial charge on any atom is -0.462 e. The van der Waals surface area contributed by atoms with Crippen molar-refractivity contribution in [2.75, 3.05) is 13.2 Å². The summed E-state index contributed by atoms with van der Waals surface area (Å²) in [5.74, 6) is -1.43. The quantitative estimate of drug-likeness (QED) is 0.365. The highest BCUT2D eigenvalue weighted by Crippen LogP contribution is 2.34. The Morgan fingerprint density at radius 1 is 0.955 bits per heavy atom. The summed E-state index contributed by atoms with van der Waals surface area (Å²) in [5.41, 5.74) is -0.738. The molecule has 7 heteroatoms. The Kier molecular flexibility index (Phi) is 8.07. The van der Waals surface area contributed by atoms with Gasteiger partial charge in [-0.25, -0.2) is 0 Å². The van der Waals surface area contributed by atoms with Crippen LogP contribution in [0.1, 0.15) is 48.0 Å². The minimum absolute atomic E-state index is 0.151. The summed E-state index contributed by atoms with van der Waals surface area (Å²) in [6.45, 7) is 9.66. The van der Waals surface area contributed by atoms with Crippen LogP contribution in [0, 0.1) is 5.41 Å². The SMILES string of the molecule is CC(=O)OCC(COC(C)=O)OC(=O)C(C)(C)CC(C)(C)Br.